The quantitative estimate of drug-likeness (QED) is 0.740. The molecule has 0 saturated carbocycles. The van der Waals surface area contributed by atoms with Crippen molar-refractivity contribution < 1.29 is 23.1 Å². The number of carboxylic acid groups (broad SMARTS) is 1. The van der Waals surface area contributed by atoms with E-state index in [1.165, 1.54) is 31.2 Å². The molecule has 1 aromatic carbocycles. The Morgan fingerprint density at radius 2 is 1.81 bits per heavy atom. The van der Waals surface area contributed by atoms with E-state index in [1.54, 1.807) is 0 Å². The molecule has 2 rings (SSSR count). The molecule has 114 valence electrons. The number of carboxylic acids is 1. The van der Waals surface area contributed by atoms with Gasteiger partial charge in [0.15, 0.2) is 5.78 Å². The predicted octanol–water partition coefficient (Wildman–Crippen LogP) is 0.182. The van der Waals surface area contributed by atoms with Gasteiger partial charge in [0, 0.05) is 12.1 Å². The van der Waals surface area contributed by atoms with Gasteiger partial charge in [0.1, 0.15) is 0 Å². The van der Waals surface area contributed by atoms with Crippen molar-refractivity contribution in [1.82, 2.24) is 4.31 Å². The van der Waals surface area contributed by atoms with Crippen molar-refractivity contribution in [3.8, 4) is 0 Å². The molecule has 1 aromatic rings. The molecule has 0 aromatic heterocycles. The number of nitrogens with zero attached hydrogens (tertiary/aromatic N) is 1. The lowest BCUT2D eigenvalue weighted by Crippen LogP contribution is -2.52. The van der Waals surface area contributed by atoms with Crippen molar-refractivity contribution >= 4 is 21.8 Å². The zero-order valence-corrected chi connectivity index (χ0v) is 12.4. The third kappa shape index (κ3) is 3.14. The van der Waals surface area contributed by atoms with Gasteiger partial charge >= 0.3 is 0 Å². The molecule has 0 aliphatic carbocycles. The molecule has 0 bridgehead atoms. The Labute approximate surface area is 123 Å². The van der Waals surface area contributed by atoms with Crippen LogP contribution < -0.4 is 5.11 Å². The zero-order valence-electron chi connectivity index (χ0n) is 11.6. The van der Waals surface area contributed by atoms with Gasteiger partial charge in [0.2, 0.25) is 10.0 Å². The molecule has 0 unspecified atom stereocenters. The molecule has 1 aliphatic heterocycles. The van der Waals surface area contributed by atoms with Gasteiger partial charge < -0.3 is 9.90 Å². The SMILES string of the molecule is CC(=O)c1ccc(S(=O)(=O)N2CCCC[C@@H]2C(=O)[O-])cc1. The topological polar surface area (TPSA) is 94.6 Å². The highest BCUT2D eigenvalue weighted by Gasteiger charge is 2.34. The lowest BCUT2D eigenvalue weighted by Gasteiger charge is -2.35. The zero-order chi connectivity index (χ0) is 15.6. The summed E-state index contributed by atoms with van der Waals surface area (Å²) in [7, 11) is -3.90. The number of hydrogen-bond acceptors (Lipinski definition) is 5. The van der Waals surface area contributed by atoms with Crippen molar-refractivity contribution in [2.45, 2.75) is 37.1 Å². The number of sulfonamides is 1. The Morgan fingerprint density at radius 3 is 2.33 bits per heavy atom. The van der Waals surface area contributed by atoms with Gasteiger partial charge in [0.05, 0.1) is 16.9 Å². The lowest BCUT2D eigenvalue weighted by atomic mass is 10.1. The van der Waals surface area contributed by atoms with Gasteiger partial charge in [-0.05, 0) is 31.9 Å². The summed E-state index contributed by atoms with van der Waals surface area (Å²) in [6, 6.07) is 4.37. The van der Waals surface area contributed by atoms with E-state index >= 15 is 0 Å². The third-order valence-corrected chi connectivity index (χ3v) is 5.52. The maximum absolute atomic E-state index is 12.5. The Hall–Kier alpha value is -1.73. The first-order valence-corrected chi connectivity index (χ1v) is 8.12. The van der Waals surface area contributed by atoms with Gasteiger partial charge in [-0.15, -0.1) is 0 Å². The van der Waals surface area contributed by atoms with Crippen LogP contribution in [0.4, 0.5) is 0 Å². The first-order valence-electron chi connectivity index (χ1n) is 6.68. The van der Waals surface area contributed by atoms with Crippen molar-refractivity contribution in [1.29, 1.82) is 0 Å². The molecule has 0 spiro atoms. The predicted molar refractivity (Wildman–Crippen MR) is 73.0 cm³/mol. The second kappa shape index (κ2) is 5.95. The molecule has 0 radical (unpaired) electrons. The Morgan fingerprint density at radius 1 is 1.19 bits per heavy atom. The van der Waals surface area contributed by atoms with E-state index < -0.39 is 22.0 Å². The molecular formula is C14H16NO5S-. The normalized spacial score (nSPS) is 20.1. The minimum absolute atomic E-state index is 0.0133. The maximum atomic E-state index is 12.5. The van der Waals surface area contributed by atoms with Crippen molar-refractivity contribution in [3.05, 3.63) is 29.8 Å². The first kappa shape index (κ1) is 15.7. The monoisotopic (exact) mass is 310 g/mol. The highest BCUT2D eigenvalue weighted by atomic mass is 32.2. The number of Topliss-reactive ketones (excluding diaryl/α,β-unsaturated/α-hetero) is 1. The van der Waals surface area contributed by atoms with Crippen molar-refractivity contribution in [2.75, 3.05) is 6.54 Å². The summed E-state index contributed by atoms with van der Waals surface area (Å²) < 4.78 is 26.0. The summed E-state index contributed by atoms with van der Waals surface area (Å²) in [5.41, 5.74) is 0.407. The molecule has 1 atom stereocenters. The number of piperidine rings is 1. The molecule has 1 saturated heterocycles. The van der Waals surface area contributed by atoms with Gasteiger partial charge in [0.25, 0.3) is 0 Å². The molecule has 1 aliphatic rings. The molecule has 1 fully saturated rings. The van der Waals surface area contributed by atoms with E-state index in [2.05, 4.69) is 0 Å². The maximum Gasteiger partial charge on any atom is 0.243 e. The Kier molecular flexibility index (Phi) is 4.43. The molecule has 7 heteroatoms. The highest BCUT2D eigenvalue weighted by Crippen LogP contribution is 2.25. The number of carbonyl (C=O) groups excluding carboxylic acids is 2. The first-order chi connectivity index (χ1) is 9.84. The smallest absolute Gasteiger partial charge is 0.243 e. The van der Waals surface area contributed by atoms with Crippen LogP contribution in [0.3, 0.4) is 0 Å². The van der Waals surface area contributed by atoms with E-state index in [4.69, 9.17) is 0 Å². The molecular weight excluding hydrogens is 294 g/mol. The van der Waals surface area contributed by atoms with Crippen LogP contribution in [0.25, 0.3) is 0 Å². The summed E-state index contributed by atoms with van der Waals surface area (Å²) in [5.74, 6) is -1.54. The number of aliphatic carboxylic acids is 1. The molecule has 0 amide bonds. The van der Waals surface area contributed by atoms with E-state index in [-0.39, 0.29) is 23.6 Å². The summed E-state index contributed by atoms with van der Waals surface area (Å²) in [6.45, 7) is 1.55. The second-order valence-electron chi connectivity index (χ2n) is 5.03. The molecule has 6 nitrogen and oxygen atoms in total. The van der Waals surface area contributed by atoms with Crippen molar-refractivity contribution in [2.24, 2.45) is 0 Å². The van der Waals surface area contributed by atoms with Crippen LogP contribution in [0.2, 0.25) is 0 Å². The number of benzene rings is 1. The Balaban J connectivity index is 2.35. The number of carbonyl (C=O) groups is 2. The van der Waals surface area contributed by atoms with Crippen molar-refractivity contribution in [3.63, 3.8) is 0 Å². The fraction of sp³-hybridized carbons (Fsp3) is 0.429. The standard InChI is InChI=1S/C14H17NO5S/c1-10(16)11-5-7-12(8-6-11)21(19,20)15-9-3-2-4-13(15)14(17)18/h5-8,13H,2-4,9H2,1H3,(H,17,18)/p-1/t13-/m1/s1. The number of ketones is 1. The van der Waals surface area contributed by atoms with Crippen LogP contribution in [-0.4, -0.2) is 37.1 Å². The third-order valence-electron chi connectivity index (χ3n) is 3.59. The van der Waals surface area contributed by atoms with E-state index in [0.29, 0.717) is 18.4 Å². The average Bonchev–Trinajstić information content (AvgIpc) is 2.47. The minimum atomic E-state index is -3.90. The number of rotatable bonds is 4. The highest BCUT2D eigenvalue weighted by molar-refractivity contribution is 7.89. The van der Waals surface area contributed by atoms with Crippen LogP contribution >= 0.6 is 0 Å². The minimum Gasteiger partial charge on any atom is -0.548 e. The van der Waals surface area contributed by atoms with Gasteiger partial charge in [-0.25, -0.2) is 8.42 Å². The molecule has 1 heterocycles. The van der Waals surface area contributed by atoms with Gasteiger partial charge in [-0.3, -0.25) is 4.79 Å². The summed E-state index contributed by atoms with van der Waals surface area (Å²) in [6.07, 6.45) is 1.54. The van der Waals surface area contributed by atoms with Crippen LogP contribution in [0, 0.1) is 0 Å². The summed E-state index contributed by atoms with van der Waals surface area (Å²) in [5, 5.41) is 11.1. The Bertz CT molecular complexity index is 650. The second-order valence-corrected chi connectivity index (χ2v) is 6.92. The van der Waals surface area contributed by atoms with E-state index in [9.17, 15) is 23.1 Å². The van der Waals surface area contributed by atoms with Crippen LogP contribution in [-0.2, 0) is 14.8 Å². The van der Waals surface area contributed by atoms with Gasteiger partial charge in [-0.1, -0.05) is 18.6 Å². The summed E-state index contributed by atoms with van der Waals surface area (Å²) in [4.78, 5) is 22.3. The summed E-state index contributed by atoms with van der Waals surface area (Å²) >= 11 is 0. The fourth-order valence-electron chi connectivity index (χ4n) is 2.43. The molecule has 0 N–H and O–H groups in total. The van der Waals surface area contributed by atoms with E-state index in [1.807, 2.05) is 0 Å². The van der Waals surface area contributed by atoms with E-state index in [0.717, 1.165) is 4.31 Å². The number of hydrogen-bond donors (Lipinski definition) is 0. The fourth-order valence-corrected chi connectivity index (χ4v) is 4.07. The van der Waals surface area contributed by atoms with Gasteiger partial charge in [-0.2, -0.15) is 4.31 Å². The van der Waals surface area contributed by atoms with Crippen LogP contribution in [0.1, 0.15) is 36.5 Å². The average molecular weight is 310 g/mol. The van der Waals surface area contributed by atoms with Crippen LogP contribution in [0.5, 0.6) is 0 Å². The molecule has 21 heavy (non-hydrogen) atoms. The largest absolute Gasteiger partial charge is 0.548 e. The lowest BCUT2D eigenvalue weighted by molar-refractivity contribution is -0.311. The van der Waals surface area contributed by atoms with Crippen LogP contribution in [0.15, 0.2) is 29.2 Å².